The van der Waals surface area contributed by atoms with Crippen LogP contribution in [0.25, 0.3) is 0 Å². The van der Waals surface area contributed by atoms with Gasteiger partial charge in [-0.05, 0) is 38.6 Å². The minimum absolute atomic E-state index is 0.0579. The quantitative estimate of drug-likeness (QED) is 0.576. The van der Waals surface area contributed by atoms with E-state index in [0.29, 0.717) is 17.8 Å². The van der Waals surface area contributed by atoms with E-state index in [1.165, 1.54) is 0 Å². The average molecular weight is 292 g/mol. The van der Waals surface area contributed by atoms with Crippen molar-refractivity contribution in [3.63, 3.8) is 0 Å². The van der Waals surface area contributed by atoms with Crippen molar-refractivity contribution < 1.29 is 9.59 Å². The Kier molecular flexibility index (Phi) is 7.25. The first-order valence-electron chi connectivity index (χ1n) is 7.19. The molecule has 4 N–H and O–H groups in total. The van der Waals surface area contributed by atoms with Gasteiger partial charge in [0, 0.05) is 30.4 Å². The summed E-state index contributed by atoms with van der Waals surface area (Å²) >= 11 is 0. The Balaban J connectivity index is 2.55. The van der Waals surface area contributed by atoms with Crippen LogP contribution in [-0.2, 0) is 0 Å². The highest BCUT2D eigenvalue weighted by molar-refractivity contribution is 5.96. The highest BCUT2D eigenvalue weighted by Gasteiger charge is 2.07. The second kappa shape index (κ2) is 8.97. The maximum Gasteiger partial charge on any atom is 0.319 e. The van der Waals surface area contributed by atoms with E-state index in [-0.39, 0.29) is 18.0 Å². The third kappa shape index (κ3) is 6.76. The number of nitrogens with one attached hydrogen (secondary N) is 4. The molecule has 0 aliphatic rings. The monoisotopic (exact) mass is 292 g/mol. The standard InChI is InChI=1S/C15H24N4O2/c1-4-16-8-9-17-14(20)12-6-5-7-13(10-12)19-15(21)18-11(2)3/h5-7,10-11,16H,4,8-9H2,1-3H3,(H,17,20)(H2,18,19,21). The third-order valence-corrected chi connectivity index (χ3v) is 2.64. The summed E-state index contributed by atoms with van der Waals surface area (Å²) in [4.78, 5) is 23.6. The summed E-state index contributed by atoms with van der Waals surface area (Å²) in [5, 5.41) is 11.4. The molecule has 0 aliphatic heterocycles. The predicted molar refractivity (Wildman–Crippen MR) is 84.6 cm³/mol. The summed E-state index contributed by atoms with van der Waals surface area (Å²) < 4.78 is 0. The van der Waals surface area contributed by atoms with Gasteiger partial charge in [0.1, 0.15) is 0 Å². The molecule has 0 bridgehead atoms. The van der Waals surface area contributed by atoms with Gasteiger partial charge in [0.2, 0.25) is 0 Å². The molecule has 3 amide bonds. The summed E-state index contributed by atoms with van der Waals surface area (Å²) in [5.41, 5.74) is 1.11. The van der Waals surface area contributed by atoms with Crippen molar-refractivity contribution in [2.45, 2.75) is 26.8 Å². The Bertz CT molecular complexity index is 474. The van der Waals surface area contributed by atoms with E-state index >= 15 is 0 Å². The molecule has 1 aromatic rings. The molecule has 0 unspecified atom stereocenters. The van der Waals surface area contributed by atoms with Crippen LogP contribution in [-0.4, -0.2) is 37.6 Å². The van der Waals surface area contributed by atoms with Crippen molar-refractivity contribution in [1.82, 2.24) is 16.0 Å². The first-order chi connectivity index (χ1) is 10.0. The number of likely N-dealkylation sites (N-methyl/N-ethyl adjacent to an activating group) is 1. The first kappa shape index (κ1) is 17.0. The van der Waals surface area contributed by atoms with Crippen LogP contribution in [0, 0.1) is 0 Å². The third-order valence-electron chi connectivity index (χ3n) is 2.64. The van der Waals surface area contributed by atoms with Crippen molar-refractivity contribution in [1.29, 1.82) is 0 Å². The van der Waals surface area contributed by atoms with E-state index in [9.17, 15) is 9.59 Å². The van der Waals surface area contributed by atoms with Crippen molar-refractivity contribution in [3.05, 3.63) is 29.8 Å². The molecule has 0 radical (unpaired) electrons. The van der Waals surface area contributed by atoms with Crippen LogP contribution in [0.1, 0.15) is 31.1 Å². The van der Waals surface area contributed by atoms with E-state index in [4.69, 9.17) is 0 Å². The van der Waals surface area contributed by atoms with Crippen LogP contribution >= 0.6 is 0 Å². The number of benzene rings is 1. The Morgan fingerprint density at radius 1 is 1.19 bits per heavy atom. The molecule has 0 fully saturated rings. The fourth-order valence-electron chi connectivity index (χ4n) is 1.71. The number of rotatable bonds is 7. The molecular formula is C15H24N4O2. The van der Waals surface area contributed by atoms with Gasteiger partial charge in [0.25, 0.3) is 5.91 Å². The fourth-order valence-corrected chi connectivity index (χ4v) is 1.71. The Morgan fingerprint density at radius 2 is 1.95 bits per heavy atom. The average Bonchev–Trinajstić information content (AvgIpc) is 2.42. The number of hydrogen-bond donors (Lipinski definition) is 4. The second-order valence-electron chi connectivity index (χ2n) is 4.94. The topological polar surface area (TPSA) is 82.3 Å². The van der Waals surface area contributed by atoms with E-state index in [1.807, 2.05) is 20.8 Å². The van der Waals surface area contributed by atoms with Gasteiger partial charge in [-0.15, -0.1) is 0 Å². The van der Waals surface area contributed by atoms with E-state index in [2.05, 4.69) is 21.3 Å². The highest BCUT2D eigenvalue weighted by atomic mass is 16.2. The Morgan fingerprint density at radius 3 is 2.62 bits per heavy atom. The largest absolute Gasteiger partial charge is 0.351 e. The van der Waals surface area contributed by atoms with Crippen LogP contribution in [0.3, 0.4) is 0 Å². The molecule has 1 rings (SSSR count). The Hall–Kier alpha value is -2.08. The smallest absolute Gasteiger partial charge is 0.319 e. The maximum absolute atomic E-state index is 12.0. The lowest BCUT2D eigenvalue weighted by Crippen LogP contribution is -2.34. The lowest BCUT2D eigenvalue weighted by molar-refractivity contribution is 0.0954. The van der Waals surface area contributed by atoms with E-state index in [1.54, 1.807) is 24.3 Å². The van der Waals surface area contributed by atoms with E-state index in [0.717, 1.165) is 13.1 Å². The van der Waals surface area contributed by atoms with Gasteiger partial charge in [-0.2, -0.15) is 0 Å². The van der Waals surface area contributed by atoms with Crippen molar-refractivity contribution in [2.75, 3.05) is 25.0 Å². The van der Waals surface area contributed by atoms with E-state index < -0.39 is 0 Å². The van der Waals surface area contributed by atoms with Crippen molar-refractivity contribution >= 4 is 17.6 Å². The van der Waals surface area contributed by atoms with Gasteiger partial charge >= 0.3 is 6.03 Å². The van der Waals surface area contributed by atoms with Gasteiger partial charge in [0.05, 0.1) is 0 Å². The van der Waals surface area contributed by atoms with Gasteiger partial charge < -0.3 is 21.3 Å². The normalized spacial score (nSPS) is 10.3. The van der Waals surface area contributed by atoms with Crippen molar-refractivity contribution in [3.8, 4) is 0 Å². The number of urea groups is 1. The molecule has 0 saturated carbocycles. The molecule has 0 saturated heterocycles. The maximum atomic E-state index is 12.0. The van der Waals surface area contributed by atoms with Crippen molar-refractivity contribution in [2.24, 2.45) is 0 Å². The summed E-state index contributed by atoms with van der Waals surface area (Å²) in [6.07, 6.45) is 0. The molecule has 6 nitrogen and oxygen atoms in total. The summed E-state index contributed by atoms with van der Waals surface area (Å²) in [6.45, 7) is 7.95. The molecule has 0 atom stereocenters. The summed E-state index contributed by atoms with van der Waals surface area (Å²) in [5.74, 6) is -0.152. The minimum Gasteiger partial charge on any atom is -0.351 e. The fraction of sp³-hybridized carbons (Fsp3) is 0.467. The molecule has 1 aromatic carbocycles. The summed E-state index contributed by atoms with van der Waals surface area (Å²) in [7, 11) is 0. The van der Waals surface area contributed by atoms with Gasteiger partial charge in [-0.25, -0.2) is 4.79 Å². The van der Waals surface area contributed by atoms with Gasteiger partial charge in [-0.3, -0.25) is 4.79 Å². The highest BCUT2D eigenvalue weighted by Crippen LogP contribution is 2.10. The van der Waals surface area contributed by atoms with Crippen LogP contribution in [0.15, 0.2) is 24.3 Å². The molecule has 0 aliphatic carbocycles. The molecule has 21 heavy (non-hydrogen) atoms. The molecule has 116 valence electrons. The first-order valence-corrected chi connectivity index (χ1v) is 7.19. The molecule has 0 spiro atoms. The van der Waals surface area contributed by atoms with Gasteiger partial charge in [0.15, 0.2) is 0 Å². The van der Waals surface area contributed by atoms with Crippen LogP contribution < -0.4 is 21.3 Å². The predicted octanol–water partition coefficient (Wildman–Crippen LogP) is 1.56. The zero-order chi connectivity index (χ0) is 15.7. The lowest BCUT2D eigenvalue weighted by atomic mass is 10.2. The minimum atomic E-state index is -0.283. The lowest BCUT2D eigenvalue weighted by Gasteiger charge is -2.11. The van der Waals surface area contributed by atoms with Crippen LogP contribution in [0.2, 0.25) is 0 Å². The number of hydrogen-bond acceptors (Lipinski definition) is 3. The number of carbonyl (C=O) groups excluding carboxylic acids is 2. The van der Waals surface area contributed by atoms with Gasteiger partial charge in [-0.1, -0.05) is 13.0 Å². The van der Waals surface area contributed by atoms with Crippen LogP contribution in [0.4, 0.5) is 10.5 Å². The molecule has 6 heteroatoms. The Labute approximate surface area is 125 Å². The SMILES string of the molecule is CCNCCNC(=O)c1cccc(NC(=O)NC(C)C)c1. The summed E-state index contributed by atoms with van der Waals surface area (Å²) in [6, 6.07) is 6.63. The van der Waals surface area contributed by atoms with Crippen LogP contribution in [0.5, 0.6) is 0 Å². The molecular weight excluding hydrogens is 268 g/mol. The molecule has 0 aromatic heterocycles. The zero-order valence-corrected chi connectivity index (χ0v) is 12.8. The number of amides is 3. The number of anilines is 1. The molecule has 0 heterocycles. The number of carbonyl (C=O) groups is 2. The zero-order valence-electron chi connectivity index (χ0n) is 12.8. The second-order valence-corrected chi connectivity index (χ2v) is 4.94.